The van der Waals surface area contributed by atoms with Crippen LogP contribution in [0.5, 0.6) is 0 Å². The van der Waals surface area contributed by atoms with E-state index in [4.69, 9.17) is 0 Å². The van der Waals surface area contributed by atoms with Gasteiger partial charge in [-0.1, -0.05) is 46.3 Å². The third kappa shape index (κ3) is 2.42. The summed E-state index contributed by atoms with van der Waals surface area (Å²) in [6.45, 7) is 2.00. The van der Waals surface area contributed by atoms with Crippen molar-refractivity contribution in [3.8, 4) is 0 Å². The SMILES string of the molecule is Cc1csc(C(=O)C(Br)c2ccccc2)c1. The van der Waals surface area contributed by atoms with Crippen LogP contribution in [0.3, 0.4) is 0 Å². The minimum absolute atomic E-state index is 0.129. The molecule has 1 heterocycles. The van der Waals surface area contributed by atoms with E-state index in [1.165, 1.54) is 11.3 Å². The lowest BCUT2D eigenvalue weighted by atomic mass is 10.1. The second-order valence-electron chi connectivity index (χ2n) is 3.63. The molecule has 0 aliphatic heterocycles. The van der Waals surface area contributed by atoms with Crippen LogP contribution in [0.2, 0.25) is 0 Å². The zero-order valence-electron chi connectivity index (χ0n) is 8.81. The normalized spacial score (nSPS) is 12.4. The third-order valence-corrected chi connectivity index (χ3v) is 4.30. The number of aryl methyl sites for hydroxylation is 1. The molecule has 82 valence electrons. The molecule has 3 heteroatoms. The predicted octanol–water partition coefficient (Wildman–Crippen LogP) is 4.38. The minimum Gasteiger partial charge on any atom is -0.292 e. The Morgan fingerprint density at radius 1 is 1.31 bits per heavy atom. The quantitative estimate of drug-likeness (QED) is 0.607. The highest BCUT2D eigenvalue weighted by Gasteiger charge is 2.19. The fraction of sp³-hybridized carbons (Fsp3) is 0.154. The lowest BCUT2D eigenvalue weighted by Crippen LogP contribution is -2.04. The summed E-state index contributed by atoms with van der Waals surface area (Å²) in [4.78, 5) is 12.7. The van der Waals surface area contributed by atoms with E-state index in [1.54, 1.807) is 0 Å². The van der Waals surface area contributed by atoms with Crippen molar-refractivity contribution >= 4 is 33.0 Å². The number of thiophene rings is 1. The Morgan fingerprint density at radius 2 is 2.00 bits per heavy atom. The molecule has 1 nitrogen and oxygen atoms in total. The fourth-order valence-electron chi connectivity index (χ4n) is 1.46. The molecule has 16 heavy (non-hydrogen) atoms. The Bertz CT molecular complexity index is 490. The van der Waals surface area contributed by atoms with Crippen LogP contribution in [0.4, 0.5) is 0 Å². The Labute approximate surface area is 107 Å². The number of ketones is 1. The molecule has 0 saturated carbocycles. The molecule has 2 rings (SSSR count). The highest BCUT2D eigenvalue weighted by atomic mass is 79.9. The average molecular weight is 295 g/mol. The van der Waals surface area contributed by atoms with Gasteiger partial charge in [0.2, 0.25) is 0 Å². The summed E-state index contributed by atoms with van der Waals surface area (Å²) in [6.07, 6.45) is 0. The van der Waals surface area contributed by atoms with Gasteiger partial charge in [-0.15, -0.1) is 11.3 Å². The van der Waals surface area contributed by atoms with E-state index in [9.17, 15) is 4.79 Å². The summed E-state index contributed by atoms with van der Waals surface area (Å²) in [5.41, 5.74) is 2.14. The topological polar surface area (TPSA) is 17.1 Å². The highest BCUT2D eigenvalue weighted by Crippen LogP contribution is 2.29. The van der Waals surface area contributed by atoms with Gasteiger partial charge in [-0.25, -0.2) is 0 Å². The van der Waals surface area contributed by atoms with Crippen molar-refractivity contribution in [2.45, 2.75) is 11.8 Å². The van der Waals surface area contributed by atoms with E-state index in [0.717, 1.165) is 16.0 Å². The van der Waals surface area contributed by atoms with Gasteiger partial charge in [-0.3, -0.25) is 4.79 Å². The zero-order valence-corrected chi connectivity index (χ0v) is 11.2. The number of Topliss-reactive ketones (excluding diaryl/α,β-unsaturated/α-hetero) is 1. The van der Waals surface area contributed by atoms with Gasteiger partial charge in [0.15, 0.2) is 5.78 Å². The van der Waals surface area contributed by atoms with Gasteiger partial charge in [-0.2, -0.15) is 0 Å². The number of carbonyl (C=O) groups is 1. The molecule has 0 saturated heterocycles. The van der Waals surface area contributed by atoms with Crippen LogP contribution in [0.25, 0.3) is 0 Å². The molecule has 0 amide bonds. The smallest absolute Gasteiger partial charge is 0.190 e. The standard InChI is InChI=1S/C13H11BrOS/c1-9-7-11(16-8-9)13(15)12(14)10-5-3-2-4-6-10/h2-8,12H,1H3. The van der Waals surface area contributed by atoms with Gasteiger partial charge in [-0.05, 0) is 29.5 Å². The number of carbonyl (C=O) groups excluding carboxylic acids is 1. The molecule has 0 radical (unpaired) electrons. The third-order valence-electron chi connectivity index (χ3n) is 2.30. The van der Waals surface area contributed by atoms with Gasteiger partial charge in [0.25, 0.3) is 0 Å². The summed E-state index contributed by atoms with van der Waals surface area (Å²) in [5, 5.41) is 2.00. The van der Waals surface area contributed by atoms with Gasteiger partial charge in [0, 0.05) is 0 Å². The molecule has 0 aliphatic rings. The number of rotatable bonds is 3. The largest absolute Gasteiger partial charge is 0.292 e. The van der Waals surface area contributed by atoms with E-state index in [1.807, 2.05) is 48.7 Å². The van der Waals surface area contributed by atoms with E-state index >= 15 is 0 Å². The first-order chi connectivity index (χ1) is 7.68. The van der Waals surface area contributed by atoms with Crippen molar-refractivity contribution in [2.24, 2.45) is 0 Å². The summed E-state index contributed by atoms with van der Waals surface area (Å²) in [7, 11) is 0. The Balaban J connectivity index is 2.23. The van der Waals surface area contributed by atoms with Crippen molar-refractivity contribution in [1.29, 1.82) is 0 Å². The number of halogens is 1. The molecule has 1 unspecified atom stereocenters. The van der Waals surface area contributed by atoms with Crippen LogP contribution >= 0.6 is 27.3 Å². The van der Waals surface area contributed by atoms with Crippen molar-refractivity contribution in [2.75, 3.05) is 0 Å². The molecule has 0 bridgehead atoms. The van der Waals surface area contributed by atoms with E-state index in [2.05, 4.69) is 15.9 Å². The monoisotopic (exact) mass is 294 g/mol. The number of hydrogen-bond donors (Lipinski definition) is 0. The Hall–Kier alpha value is -0.930. The van der Waals surface area contributed by atoms with Crippen LogP contribution in [-0.2, 0) is 0 Å². The van der Waals surface area contributed by atoms with E-state index in [0.29, 0.717) is 0 Å². The van der Waals surface area contributed by atoms with E-state index in [-0.39, 0.29) is 10.6 Å². The van der Waals surface area contributed by atoms with Crippen LogP contribution < -0.4 is 0 Å². The lowest BCUT2D eigenvalue weighted by molar-refractivity contribution is 0.0995. The Kier molecular flexibility index (Phi) is 3.56. The molecular weight excluding hydrogens is 284 g/mol. The first-order valence-corrected chi connectivity index (χ1v) is 6.76. The maximum Gasteiger partial charge on any atom is 0.190 e. The fourth-order valence-corrected chi connectivity index (χ4v) is 3.03. The van der Waals surface area contributed by atoms with Crippen molar-refractivity contribution < 1.29 is 4.79 Å². The first-order valence-electron chi connectivity index (χ1n) is 4.97. The number of benzene rings is 1. The molecule has 0 fully saturated rings. The molecule has 1 aromatic heterocycles. The highest BCUT2D eigenvalue weighted by molar-refractivity contribution is 9.09. The second kappa shape index (κ2) is 4.93. The minimum atomic E-state index is -0.244. The summed E-state index contributed by atoms with van der Waals surface area (Å²) in [6, 6.07) is 11.7. The lowest BCUT2D eigenvalue weighted by Gasteiger charge is -2.07. The van der Waals surface area contributed by atoms with Gasteiger partial charge in [0.05, 0.1) is 4.88 Å². The predicted molar refractivity (Wildman–Crippen MR) is 71.5 cm³/mol. The van der Waals surface area contributed by atoms with Gasteiger partial charge in [0.1, 0.15) is 4.83 Å². The number of hydrogen-bond acceptors (Lipinski definition) is 2. The van der Waals surface area contributed by atoms with Gasteiger partial charge < -0.3 is 0 Å². The molecule has 1 atom stereocenters. The van der Waals surface area contributed by atoms with Crippen molar-refractivity contribution in [3.05, 3.63) is 57.8 Å². The Morgan fingerprint density at radius 3 is 2.56 bits per heavy atom. The molecular formula is C13H11BrOS. The van der Waals surface area contributed by atoms with E-state index < -0.39 is 0 Å². The first kappa shape index (κ1) is 11.6. The summed E-state index contributed by atoms with van der Waals surface area (Å²) in [5.74, 6) is 0.129. The average Bonchev–Trinajstić information content (AvgIpc) is 2.75. The van der Waals surface area contributed by atoms with Crippen LogP contribution in [-0.4, -0.2) is 5.78 Å². The molecule has 1 aromatic carbocycles. The number of alkyl halides is 1. The molecule has 0 aliphatic carbocycles. The summed E-state index contributed by atoms with van der Waals surface area (Å²) >= 11 is 4.96. The molecule has 0 spiro atoms. The second-order valence-corrected chi connectivity index (χ2v) is 5.45. The van der Waals surface area contributed by atoms with Crippen LogP contribution in [0, 0.1) is 6.92 Å². The van der Waals surface area contributed by atoms with Crippen molar-refractivity contribution in [3.63, 3.8) is 0 Å². The zero-order chi connectivity index (χ0) is 11.5. The van der Waals surface area contributed by atoms with Crippen LogP contribution in [0.1, 0.15) is 25.6 Å². The van der Waals surface area contributed by atoms with Gasteiger partial charge >= 0.3 is 0 Å². The maximum atomic E-state index is 12.1. The van der Waals surface area contributed by atoms with Crippen LogP contribution in [0.15, 0.2) is 41.8 Å². The maximum absolute atomic E-state index is 12.1. The molecule has 2 aromatic rings. The molecule has 0 N–H and O–H groups in total. The summed E-state index contributed by atoms with van der Waals surface area (Å²) < 4.78 is 0. The van der Waals surface area contributed by atoms with Crippen molar-refractivity contribution in [1.82, 2.24) is 0 Å².